The topological polar surface area (TPSA) is 32.7 Å². The van der Waals surface area contributed by atoms with Gasteiger partial charge in [-0.15, -0.1) is 0 Å². The lowest BCUT2D eigenvalue weighted by Gasteiger charge is -2.17. The second kappa shape index (κ2) is 30.0. The van der Waals surface area contributed by atoms with Gasteiger partial charge in [0.25, 0.3) is 0 Å². The summed E-state index contributed by atoms with van der Waals surface area (Å²) in [5.74, 6) is 0.0200. The van der Waals surface area contributed by atoms with Crippen LogP contribution in [0.5, 0.6) is 0 Å². The summed E-state index contributed by atoms with van der Waals surface area (Å²) < 4.78 is 0. The molecule has 1 rings (SSSR count). The Hall–Kier alpha value is -3.04. The molecule has 248 valence electrons. The Bertz CT molecular complexity index is 1060. The number of ketones is 1. The van der Waals surface area contributed by atoms with Crippen molar-refractivity contribution in [2.24, 2.45) is 4.99 Å². The van der Waals surface area contributed by atoms with Gasteiger partial charge in [0.1, 0.15) is 0 Å². The van der Waals surface area contributed by atoms with Crippen molar-refractivity contribution in [3.8, 4) is 0 Å². The standard InChI is InChI=1S/C20H27NO.C11H16.C8H19N.C2H6/c1-9-10-19(20(15(4)5)18(8)22)11-16(6)17(7)13-21-12-14(2)3;1-3-4-5-11-8-6-10(2)7-9-11;1-4-7-9(6-3)8-5-2;1-2/h9-13H,2,4H2,1,3,5-8H3;6-9H,3-5H2,1-2H3;4-8H2,1-3H3;1-2H3/b10-9-,16-11+,17-13+,20-19+,21-12?;;;. The van der Waals surface area contributed by atoms with Crippen LogP contribution in [0.4, 0.5) is 0 Å². The number of hydrogen-bond acceptors (Lipinski definition) is 3. The number of rotatable bonds is 15. The third-order valence-corrected chi connectivity index (χ3v) is 6.44. The van der Waals surface area contributed by atoms with Gasteiger partial charge in [0, 0.05) is 18.0 Å². The van der Waals surface area contributed by atoms with E-state index < -0.39 is 0 Å². The first kappa shape index (κ1) is 45.4. The maximum absolute atomic E-state index is 11.9. The van der Waals surface area contributed by atoms with Crippen molar-refractivity contribution >= 4 is 12.0 Å². The highest BCUT2D eigenvalue weighted by Gasteiger charge is 2.09. The molecular formula is C41H68N2O. The van der Waals surface area contributed by atoms with E-state index in [-0.39, 0.29) is 5.78 Å². The molecule has 1 aromatic carbocycles. The Morgan fingerprint density at radius 1 is 0.864 bits per heavy atom. The average Bonchev–Trinajstić information content (AvgIpc) is 2.98. The van der Waals surface area contributed by atoms with Gasteiger partial charge in [0.15, 0.2) is 5.78 Å². The van der Waals surface area contributed by atoms with Crippen LogP contribution in [0.2, 0.25) is 0 Å². The van der Waals surface area contributed by atoms with Crippen LogP contribution in [0.15, 0.2) is 100 Å². The average molecular weight is 605 g/mol. The molecule has 0 aliphatic carbocycles. The number of hydrogen-bond donors (Lipinski definition) is 0. The minimum absolute atomic E-state index is 0.0200. The van der Waals surface area contributed by atoms with E-state index in [1.807, 2.05) is 66.7 Å². The van der Waals surface area contributed by atoms with Crippen LogP contribution < -0.4 is 0 Å². The van der Waals surface area contributed by atoms with Crippen LogP contribution in [0.3, 0.4) is 0 Å². The minimum atomic E-state index is 0.0200. The highest BCUT2D eigenvalue weighted by Crippen LogP contribution is 2.20. The largest absolute Gasteiger partial charge is 0.304 e. The van der Waals surface area contributed by atoms with Gasteiger partial charge in [-0.1, -0.05) is 109 Å². The molecule has 0 heterocycles. The normalized spacial score (nSPS) is 12.0. The fraction of sp³-hybridized carbons (Fsp3) is 0.512. The van der Waals surface area contributed by atoms with E-state index >= 15 is 0 Å². The highest BCUT2D eigenvalue weighted by molar-refractivity contribution is 5.99. The van der Waals surface area contributed by atoms with E-state index in [0.29, 0.717) is 5.57 Å². The van der Waals surface area contributed by atoms with Crippen LogP contribution in [-0.4, -0.2) is 36.5 Å². The Kier molecular flexibility index (Phi) is 31.0. The van der Waals surface area contributed by atoms with Crippen molar-refractivity contribution in [2.75, 3.05) is 19.6 Å². The SMILES string of the molecule is C=C(C)C=N/C=C(C)/C(C)=C/C(/C=C\C)=C(\C(=C)C)C(C)=O.CC.CCCCc1ccc(C)cc1.CCCN(CC)CCC. The molecule has 0 aliphatic heterocycles. The molecule has 3 nitrogen and oxygen atoms in total. The third kappa shape index (κ3) is 24.4. The number of Topliss-reactive ketones (excluding diaryl/α,β-unsaturated/α-hetero) is 1. The first-order valence-electron chi connectivity index (χ1n) is 16.7. The van der Waals surface area contributed by atoms with Gasteiger partial charge in [-0.3, -0.25) is 9.79 Å². The maximum Gasteiger partial charge on any atom is 0.160 e. The summed E-state index contributed by atoms with van der Waals surface area (Å²) in [6.07, 6.45) is 15.8. The number of aryl methyl sites for hydroxylation is 2. The second-order valence-corrected chi connectivity index (χ2v) is 11.0. The molecule has 0 aromatic heterocycles. The van der Waals surface area contributed by atoms with E-state index in [9.17, 15) is 4.79 Å². The maximum atomic E-state index is 11.9. The van der Waals surface area contributed by atoms with E-state index in [1.54, 1.807) is 19.3 Å². The summed E-state index contributed by atoms with van der Waals surface area (Å²) in [4.78, 5) is 18.6. The summed E-state index contributed by atoms with van der Waals surface area (Å²) in [5.41, 5.74) is 8.11. The molecule has 1 aromatic rings. The Morgan fingerprint density at radius 3 is 1.80 bits per heavy atom. The molecule has 0 saturated heterocycles. The van der Waals surface area contributed by atoms with Crippen molar-refractivity contribution in [1.29, 1.82) is 0 Å². The smallest absolute Gasteiger partial charge is 0.160 e. The lowest BCUT2D eigenvalue weighted by Crippen LogP contribution is -2.24. The molecule has 0 fully saturated rings. The van der Waals surface area contributed by atoms with Gasteiger partial charge in [-0.25, -0.2) is 0 Å². The summed E-state index contributed by atoms with van der Waals surface area (Å²) in [6, 6.07) is 8.83. The van der Waals surface area contributed by atoms with E-state index in [1.165, 1.54) is 62.9 Å². The van der Waals surface area contributed by atoms with Crippen molar-refractivity contribution in [3.05, 3.63) is 106 Å². The van der Waals surface area contributed by atoms with Crippen LogP contribution in [0, 0.1) is 6.92 Å². The van der Waals surface area contributed by atoms with Gasteiger partial charge in [-0.2, -0.15) is 0 Å². The minimum Gasteiger partial charge on any atom is -0.304 e. The lowest BCUT2D eigenvalue weighted by atomic mass is 9.95. The molecule has 3 heteroatoms. The number of carbonyl (C=O) groups is 1. The number of unbranched alkanes of at least 4 members (excludes halogenated alkanes) is 1. The molecule has 0 spiro atoms. The number of aliphatic imine (C=N–C) groups is 1. The summed E-state index contributed by atoms with van der Waals surface area (Å²) in [5, 5.41) is 0. The molecule has 0 atom stereocenters. The predicted molar refractivity (Wildman–Crippen MR) is 202 cm³/mol. The highest BCUT2D eigenvalue weighted by atomic mass is 16.1. The fourth-order valence-corrected chi connectivity index (χ4v) is 4.05. The van der Waals surface area contributed by atoms with Crippen molar-refractivity contribution in [2.45, 2.75) is 122 Å². The molecule has 0 aliphatic rings. The van der Waals surface area contributed by atoms with Gasteiger partial charge in [-0.05, 0) is 127 Å². The zero-order valence-corrected chi connectivity index (χ0v) is 31.1. The third-order valence-electron chi connectivity index (χ3n) is 6.44. The zero-order chi connectivity index (χ0) is 34.5. The second-order valence-electron chi connectivity index (χ2n) is 11.0. The number of nitrogens with zero attached hydrogens (tertiary/aromatic N) is 2. The van der Waals surface area contributed by atoms with E-state index in [4.69, 9.17) is 0 Å². The van der Waals surface area contributed by atoms with Crippen LogP contribution in [0.1, 0.15) is 120 Å². The Morgan fingerprint density at radius 2 is 1.41 bits per heavy atom. The summed E-state index contributed by atoms with van der Waals surface area (Å²) in [7, 11) is 0. The monoisotopic (exact) mass is 605 g/mol. The summed E-state index contributed by atoms with van der Waals surface area (Å²) in [6.45, 7) is 37.7. The summed E-state index contributed by atoms with van der Waals surface area (Å²) >= 11 is 0. The molecule has 0 radical (unpaired) electrons. The predicted octanol–water partition coefficient (Wildman–Crippen LogP) is 12.0. The van der Waals surface area contributed by atoms with Crippen LogP contribution in [0.25, 0.3) is 0 Å². The van der Waals surface area contributed by atoms with Gasteiger partial charge < -0.3 is 4.90 Å². The molecular weight excluding hydrogens is 536 g/mol. The molecule has 0 amide bonds. The lowest BCUT2D eigenvalue weighted by molar-refractivity contribution is -0.113. The Labute approximate surface area is 274 Å². The molecule has 44 heavy (non-hydrogen) atoms. The van der Waals surface area contributed by atoms with Gasteiger partial charge in [0.05, 0.1) is 0 Å². The van der Waals surface area contributed by atoms with E-state index in [0.717, 1.165) is 27.9 Å². The van der Waals surface area contributed by atoms with Crippen LogP contribution in [-0.2, 0) is 11.2 Å². The van der Waals surface area contributed by atoms with Crippen LogP contribution >= 0.6 is 0 Å². The Balaban J connectivity index is -0.000000632. The number of carbonyl (C=O) groups excluding carboxylic acids is 1. The molecule has 0 bridgehead atoms. The van der Waals surface area contributed by atoms with Crippen molar-refractivity contribution in [3.63, 3.8) is 0 Å². The van der Waals surface area contributed by atoms with E-state index in [2.05, 4.69) is 81.9 Å². The fourth-order valence-electron chi connectivity index (χ4n) is 4.05. The first-order chi connectivity index (χ1) is 20.9. The van der Waals surface area contributed by atoms with Gasteiger partial charge in [0.2, 0.25) is 0 Å². The zero-order valence-electron chi connectivity index (χ0n) is 31.1. The van der Waals surface area contributed by atoms with Gasteiger partial charge >= 0.3 is 0 Å². The molecule has 0 saturated carbocycles. The van der Waals surface area contributed by atoms with Crippen molar-refractivity contribution < 1.29 is 4.79 Å². The number of allylic oxidation sites excluding steroid dienone is 9. The quantitative estimate of drug-likeness (QED) is 0.113. The first-order valence-corrected chi connectivity index (χ1v) is 16.7. The molecule has 0 N–H and O–H groups in total. The number of benzene rings is 1. The molecule has 0 unspecified atom stereocenters. The van der Waals surface area contributed by atoms with Crippen molar-refractivity contribution in [1.82, 2.24) is 4.90 Å².